The van der Waals surface area contributed by atoms with E-state index in [0.717, 1.165) is 11.3 Å². The maximum Gasteiger partial charge on any atom is 0.248 e. The van der Waals surface area contributed by atoms with E-state index in [1.54, 1.807) is 19.3 Å². The number of hydrogen-bond donors (Lipinski definition) is 2. The summed E-state index contributed by atoms with van der Waals surface area (Å²) < 4.78 is 5.09. The maximum absolute atomic E-state index is 12.0. The van der Waals surface area contributed by atoms with Crippen LogP contribution >= 0.6 is 0 Å². The lowest BCUT2D eigenvalue weighted by Gasteiger charge is -2.02. The van der Waals surface area contributed by atoms with Crippen molar-refractivity contribution in [1.82, 2.24) is 15.4 Å². The fraction of sp³-hybridized carbons (Fsp3) is 0.0625. The van der Waals surface area contributed by atoms with Crippen LogP contribution in [0, 0.1) is 0 Å². The van der Waals surface area contributed by atoms with E-state index in [9.17, 15) is 4.79 Å². The highest BCUT2D eigenvalue weighted by molar-refractivity contribution is 6.06. The lowest BCUT2D eigenvalue weighted by Crippen LogP contribution is -2.08. The Balaban J connectivity index is 1.71. The molecular weight excluding hydrogens is 280 g/mol. The summed E-state index contributed by atoms with van der Waals surface area (Å²) in [4.78, 5) is 12.0. The molecule has 0 fully saturated rings. The quantitative estimate of drug-likeness (QED) is 0.725. The molecule has 0 saturated carbocycles. The van der Waals surface area contributed by atoms with Crippen molar-refractivity contribution >= 4 is 28.7 Å². The van der Waals surface area contributed by atoms with Gasteiger partial charge in [0.25, 0.3) is 0 Å². The Hall–Kier alpha value is -3.15. The van der Waals surface area contributed by atoms with Crippen LogP contribution in [0.4, 0.5) is 5.69 Å². The monoisotopic (exact) mass is 294 g/mol. The number of para-hydroxylation sites is 1. The number of methoxy groups -OCH3 is 1. The molecule has 0 aliphatic heterocycles. The zero-order chi connectivity index (χ0) is 15.4. The van der Waals surface area contributed by atoms with Gasteiger partial charge < -0.3 is 10.1 Å². The number of carbonyl (C=O) groups is 1. The number of H-pyrrole nitrogens is 1. The predicted octanol–water partition coefficient (Wildman–Crippen LogP) is 2.62. The van der Waals surface area contributed by atoms with Gasteiger partial charge in [-0.1, -0.05) is 18.2 Å². The molecule has 3 aromatic rings. The topological polar surface area (TPSA) is 79.9 Å². The number of benzene rings is 2. The third-order valence-corrected chi connectivity index (χ3v) is 3.15. The number of nitrogens with one attached hydrogen (secondary N) is 2. The molecule has 0 aliphatic carbocycles. The zero-order valence-electron chi connectivity index (χ0n) is 11.9. The lowest BCUT2D eigenvalue weighted by atomic mass is 10.2. The molecule has 0 radical (unpaired) electrons. The average Bonchev–Trinajstić information content (AvgIpc) is 3.03. The van der Waals surface area contributed by atoms with Crippen molar-refractivity contribution in [3.63, 3.8) is 0 Å². The SMILES string of the molecule is COc1ccc(C=CC(=O)Nc2cccc3n[nH]nc23)cc1. The van der Waals surface area contributed by atoms with Crippen molar-refractivity contribution < 1.29 is 9.53 Å². The van der Waals surface area contributed by atoms with E-state index in [-0.39, 0.29) is 5.91 Å². The van der Waals surface area contributed by atoms with Gasteiger partial charge in [0.15, 0.2) is 0 Å². The van der Waals surface area contributed by atoms with E-state index in [2.05, 4.69) is 20.7 Å². The predicted molar refractivity (Wildman–Crippen MR) is 84.5 cm³/mol. The summed E-state index contributed by atoms with van der Waals surface area (Å²) in [6.45, 7) is 0. The van der Waals surface area contributed by atoms with Gasteiger partial charge >= 0.3 is 0 Å². The molecule has 6 heteroatoms. The number of ether oxygens (including phenoxy) is 1. The van der Waals surface area contributed by atoms with Crippen molar-refractivity contribution in [2.75, 3.05) is 12.4 Å². The molecule has 6 nitrogen and oxygen atoms in total. The second kappa shape index (κ2) is 6.09. The van der Waals surface area contributed by atoms with Gasteiger partial charge in [-0.05, 0) is 35.9 Å². The summed E-state index contributed by atoms with van der Waals surface area (Å²) in [5.74, 6) is 0.547. The highest BCUT2D eigenvalue weighted by atomic mass is 16.5. The maximum atomic E-state index is 12.0. The number of amides is 1. The van der Waals surface area contributed by atoms with Gasteiger partial charge in [-0.2, -0.15) is 15.4 Å². The molecule has 110 valence electrons. The van der Waals surface area contributed by atoms with Crippen LogP contribution in [0.3, 0.4) is 0 Å². The van der Waals surface area contributed by atoms with Gasteiger partial charge in [-0.25, -0.2) is 0 Å². The van der Waals surface area contributed by atoms with E-state index in [1.165, 1.54) is 6.08 Å². The van der Waals surface area contributed by atoms with Gasteiger partial charge in [0.1, 0.15) is 16.8 Å². The molecule has 1 aromatic heterocycles. The first kappa shape index (κ1) is 13.8. The van der Waals surface area contributed by atoms with Crippen LogP contribution in [0.2, 0.25) is 0 Å². The molecule has 0 aliphatic rings. The average molecular weight is 294 g/mol. The summed E-state index contributed by atoms with van der Waals surface area (Å²) in [5, 5.41) is 13.3. The molecule has 0 spiro atoms. The van der Waals surface area contributed by atoms with Crippen molar-refractivity contribution in [3.05, 3.63) is 54.1 Å². The van der Waals surface area contributed by atoms with E-state index in [4.69, 9.17) is 4.74 Å². The summed E-state index contributed by atoms with van der Waals surface area (Å²) in [6, 6.07) is 12.8. The number of hydrogen-bond acceptors (Lipinski definition) is 4. The number of aromatic nitrogens is 3. The number of nitrogens with zero attached hydrogens (tertiary/aromatic N) is 2. The molecule has 2 N–H and O–H groups in total. The summed E-state index contributed by atoms with van der Waals surface area (Å²) >= 11 is 0. The Labute approximate surface area is 126 Å². The Morgan fingerprint density at radius 1 is 1.18 bits per heavy atom. The first-order chi connectivity index (χ1) is 10.8. The Morgan fingerprint density at radius 2 is 2.00 bits per heavy atom. The third kappa shape index (κ3) is 2.95. The second-order valence-corrected chi connectivity index (χ2v) is 4.59. The van der Waals surface area contributed by atoms with Gasteiger partial charge in [0, 0.05) is 6.08 Å². The standard InChI is InChI=1S/C16H14N4O2/c1-22-12-8-5-11(6-9-12)7-10-15(21)17-13-3-2-4-14-16(13)19-20-18-14/h2-10H,1H3,(H,17,21)(H,18,19,20). The summed E-state index contributed by atoms with van der Waals surface area (Å²) in [7, 11) is 1.61. The van der Waals surface area contributed by atoms with Crippen LogP contribution in [0.1, 0.15) is 5.56 Å². The highest BCUT2D eigenvalue weighted by Crippen LogP contribution is 2.18. The Kier molecular flexibility index (Phi) is 3.82. The molecule has 22 heavy (non-hydrogen) atoms. The smallest absolute Gasteiger partial charge is 0.248 e. The normalized spacial score (nSPS) is 11.0. The third-order valence-electron chi connectivity index (χ3n) is 3.15. The van der Waals surface area contributed by atoms with Gasteiger partial charge in [-0.15, -0.1) is 0 Å². The van der Waals surface area contributed by atoms with Crippen molar-refractivity contribution in [3.8, 4) is 5.75 Å². The number of fused-ring (bicyclic) bond motifs is 1. The number of anilines is 1. The molecule has 0 unspecified atom stereocenters. The van der Waals surface area contributed by atoms with Crippen LogP contribution in [-0.4, -0.2) is 28.4 Å². The summed E-state index contributed by atoms with van der Waals surface area (Å²) in [6.07, 6.45) is 3.21. The molecule has 1 heterocycles. The molecule has 0 atom stereocenters. The zero-order valence-corrected chi connectivity index (χ0v) is 11.9. The van der Waals surface area contributed by atoms with Gasteiger partial charge in [0.2, 0.25) is 5.91 Å². The number of carbonyl (C=O) groups excluding carboxylic acids is 1. The Bertz CT molecular complexity index is 822. The van der Waals surface area contributed by atoms with Crippen molar-refractivity contribution in [2.45, 2.75) is 0 Å². The van der Waals surface area contributed by atoms with E-state index >= 15 is 0 Å². The van der Waals surface area contributed by atoms with Crippen molar-refractivity contribution in [1.29, 1.82) is 0 Å². The van der Waals surface area contributed by atoms with E-state index in [0.29, 0.717) is 16.7 Å². The molecule has 1 amide bonds. The van der Waals surface area contributed by atoms with E-state index in [1.807, 2.05) is 36.4 Å². The first-order valence-corrected chi connectivity index (χ1v) is 6.69. The fourth-order valence-corrected chi connectivity index (χ4v) is 2.03. The Morgan fingerprint density at radius 3 is 2.77 bits per heavy atom. The molecule has 0 bridgehead atoms. The first-order valence-electron chi connectivity index (χ1n) is 6.69. The molecule has 3 rings (SSSR count). The van der Waals surface area contributed by atoms with Crippen LogP contribution in [-0.2, 0) is 4.79 Å². The van der Waals surface area contributed by atoms with Crippen LogP contribution in [0.5, 0.6) is 5.75 Å². The highest BCUT2D eigenvalue weighted by Gasteiger charge is 2.06. The molecule has 0 saturated heterocycles. The minimum atomic E-state index is -0.230. The lowest BCUT2D eigenvalue weighted by molar-refractivity contribution is -0.111. The van der Waals surface area contributed by atoms with E-state index < -0.39 is 0 Å². The van der Waals surface area contributed by atoms with Crippen molar-refractivity contribution in [2.24, 2.45) is 0 Å². The van der Waals surface area contributed by atoms with Gasteiger partial charge in [0.05, 0.1) is 12.8 Å². The molecular formula is C16H14N4O2. The van der Waals surface area contributed by atoms with Gasteiger partial charge in [-0.3, -0.25) is 4.79 Å². The largest absolute Gasteiger partial charge is 0.497 e. The van der Waals surface area contributed by atoms with Crippen LogP contribution in [0.25, 0.3) is 17.1 Å². The van der Waals surface area contributed by atoms with Crippen LogP contribution < -0.4 is 10.1 Å². The minimum absolute atomic E-state index is 0.230. The van der Waals surface area contributed by atoms with Crippen LogP contribution in [0.15, 0.2) is 48.5 Å². The number of aromatic amines is 1. The molecule has 2 aromatic carbocycles. The second-order valence-electron chi connectivity index (χ2n) is 4.59. The number of rotatable bonds is 4. The fourth-order valence-electron chi connectivity index (χ4n) is 2.03. The summed E-state index contributed by atoms with van der Waals surface area (Å²) in [5.41, 5.74) is 2.87. The minimum Gasteiger partial charge on any atom is -0.497 e.